The fraction of sp³-hybridized carbons (Fsp3) is 0.722. The second-order valence-electron chi connectivity index (χ2n) is 7.80. The van der Waals surface area contributed by atoms with E-state index < -0.39 is 5.60 Å². The van der Waals surface area contributed by atoms with E-state index in [2.05, 4.69) is 16.9 Å². The van der Waals surface area contributed by atoms with Crippen molar-refractivity contribution in [2.24, 2.45) is 0 Å². The summed E-state index contributed by atoms with van der Waals surface area (Å²) in [7, 11) is 0. The monoisotopic (exact) mass is 317 g/mol. The molecule has 0 radical (unpaired) electrons. The number of hydrogen-bond acceptors (Lipinski definition) is 4. The molecule has 0 N–H and O–H groups in total. The van der Waals surface area contributed by atoms with E-state index in [1.165, 1.54) is 23.4 Å². The lowest BCUT2D eigenvalue weighted by molar-refractivity contribution is 0.0204. The van der Waals surface area contributed by atoms with E-state index in [0.29, 0.717) is 11.8 Å². The van der Waals surface area contributed by atoms with E-state index >= 15 is 0 Å². The molecule has 5 nitrogen and oxygen atoms in total. The number of carbonyl (C=O) groups excluding carboxylic acids is 1. The molecule has 23 heavy (non-hydrogen) atoms. The fourth-order valence-corrected chi connectivity index (χ4v) is 3.67. The van der Waals surface area contributed by atoms with Crippen molar-refractivity contribution in [1.82, 2.24) is 14.9 Å². The van der Waals surface area contributed by atoms with Gasteiger partial charge in [0, 0.05) is 24.7 Å². The molecular formula is C18H27N3O2. The van der Waals surface area contributed by atoms with Crippen LogP contribution in [0.2, 0.25) is 0 Å². The molecular weight excluding hydrogens is 290 g/mol. The molecule has 1 aromatic heterocycles. The second-order valence-corrected chi connectivity index (χ2v) is 7.80. The van der Waals surface area contributed by atoms with Gasteiger partial charge in [0.25, 0.3) is 0 Å². The molecule has 1 aromatic rings. The van der Waals surface area contributed by atoms with Crippen LogP contribution in [0.1, 0.15) is 75.7 Å². The van der Waals surface area contributed by atoms with Crippen LogP contribution in [0.4, 0.5) is 4.79 Å². The lowest BCUT2D eigenvalue weighted by atomic mass is 9.88. The number of likely N-dealkylation sites (tertiary alicyclic amines) is 1. The minimum atomic E-state index is -0.434. The first-order chi connectivity index (χ1) is 10.8. The first kappa shape index (κ1) is 16.2. The molecule has 1 aliphatic carbocycles. The van der Waals surface area contributed by atoms with E-state index in [4.69, 9.17) is 4.74 Å². The summed E-state index contributed by atoms with van der Waals surface area (Å²) in [5, 5.41) is 0. The highest BCUT2D eigenvalue weighted by molar-refractivity contribution is 5.68. The summed E-state index contributed by atoms with van der Waals surface area (Å²) in [6, 6.07) is 0. The maximum Gasteiger partial charge on any atom is 0.410 e. The molecule has 1 aliphatic heterocycles. The Morgan fingerprint density at radius 3 is 2.57 bits per heavy atom. The van der Waals surface area contributed by atoms with Crippen LogP contribution in [0, 0.1) is 0 Å². The molecule has 0 bridgehead atoms. The number of nitrogens with zero attached hydrogens (tertiary/aromatic N) is 3. The number of carbonyl (C=O) groups is 1. The van der Waals surface area contributed by atoms with Crippen LogP contribution in [-0.4, -0.2) is 39.7 Å². The molecule has 2 aliphatic rings. The largest absolute Gasteiger partial charge is 0.444 e. The standard InChI is InChI=1S/C18H27N3O2/c1-12-5-6-14-15(12)16(20-11-19-14)13-7-9-21(10-8-13)17(22)23-18(2,3)4/h11-13H,5-10H2,1-4H3/t12-/m1/s1. The van der Waals surface area contributed by atoms with Gasteiger partial charge in [0.1, 0.15) is 11.9 Å². The Bertz CT molecular complexity index is 586. The Balaban J connectivity index is 1.67. The number of piperidine rings is 1. The van der Waals surface area contributed by atoms with Crippen molar-refractivity contribution in [1.29, 1.82) is 0 Å². The molecule has 0 saturated carbocycles. The SMILES string of the molecule is C[C@@H]1CCc2ncnc(C3CCN(C(=O)OC(C)(C)C)CC3)c21. The third-order valence-electron chi connectivity index (χ3n) is 4.84. The van der Waals surface area contributed by atoms with Crippen molar-refractivity contribution >= 4 is 6.09 Å². The zero-order valence-electron chi connectivity index (χ0n) is 14.6. The number of hydrogen-bond donors (Lipinski definition) is 0. The average molecular weight is 317 g/mol. The van der Waals surface area contributed by atoms with Crippen molar-refractivity contribution in [3.05, 3.63) is 23.3 Å². The summed E-state index contributed by atoms with van der Waals surface area (Å²) in [5.74, 6) is 0.996. The molecule has 0 unspecified atom stereocenters. The number of rotatable bonds is 1. The van der Waals surface area contributed by atoms with Gasteiger partial charge in [-0.2, -0.15) is 0 Å². The smallest absolute Gasteiger partial charge is 0.410 e. The van der Waals surface area contributed by atoms with Crippen molar-refractivity contribution in [2.45, 2.75) is 70.8 Å². The van der Waals surface area contributed by atoms with E-state index in [1.54, 1.807) is 6.33 Å². The zero-order valence-corrected chi connectivity index (χ0v) is 14.6. The van der Waals surface area contributed by atoms with Crippen molar-refractivity contribution in [3.8, 4) is 0 Å². The van der Waals surface area contributed by atoms with Gasteiger partial charge >= 0.3 is 6.09 Å². The predicted octanol–water partition coefficient (Wildman–Crippen LogP) is 3.64. The highest BCUT2D eigenvalue weighted by Crippen LogP contribution is 2.38. The van der Waals surface area contributed by atoms with E-state index in [9.17, 15) is 4.79 Å². The third-order valence-corrected chi connectivity index (χ3v) is 4.84. The van der Waals surface area contributed by atoms with Crippen LogP contribution in [0.5, 0.6) is 0 Å². The van der Waals surface area contributed by atoms with Gasteiger partial charge in [-0.15, -0.1) is 0 Å². The van der Waals surface area contributed by atoms with Crippen LogP contribution in [0.3, 0.4) is 0 Å². The van der Waals surface area contributed by atoms with Crippen LogP contribution in [-0.2, 0) is 11.2 Å². The lowest BCUT2D eigenvalue weighted by Crippen LogP contribution is -2.41. The Morgan fingerprint density at radius 2 is 1.91 bits per heavy atom. The molecule has 126 valence electrons. The summed E-state index contributed by atoms with van der Waals surface area (Å²) >= 11 is 0. The minimum absolute atomic E-state index is 0.197. The third kappa shape index (κ3) is 3.48. The number of aryl methyl sites for hydroxylation is 1. The molecule has 1 amide bonds. The molecule has 2 heterocycles. The van der Waals surface area contributed by atoms with E-state index in [0.717, 1.165) is 32.4 Å². The van der Waals surface area contributed by atoms with Gasteiger partial charge in [-0.05, 0) is 57.9 Å². The molecule has 1 atom stereocenters. The average Bonchev–Trinajstić information content (AvgIpc) is 2.87. The van der Waals surface area contributed by atoms with Gasteiger partial charge < -0.3 is 9.64 Å². The Morgan fingerprint density at radius 1 is 1.22 bits per heavy atom. The summed E-state index contributed by atoms with van der Waals surface area (Å²) < 4.78 is 5.47. The molecule has 5 heteroatoms. The summed E-state index contributed by atoms with van der Waals surface area (Å²) in [4.78, 5) is 23.1. The van der Waals surface area contributed by atoms with Crippen LogP contribution >= 0.6 is 0 Å². The number of ether oxygens (including phenoxy) is 1. The lowest BCUT2D eigenvalue weighted by Gasteiger charge is -2.34. The van der Waals surface area contributed by atoms with Gasteiger partial charge in [-0.1, -0.05) is 6.92 Å². The van der Waals surface area contributed by atoms with Crippen LogP contribution in [0.15, 0.2) is 6.33 Å². The molecule has 1 saturated heterocycles. The predicted molar refractivity (Wildman–Crippen MR) is 88.6 cm³/mol. The van der Waals surface area contributed by atoms with Gasteiger partial charge in [0.05, 0.1) is 5.69 Å². The zero-order chi connectivity index (χ0) is 16.6. The second kappa shape index (κ2) is 6.10. The van der Waals surface area contributed by atoms with Crippen molar-refractivity contribution in [3.63, 3.8) is 0 Å². The molecule has 1 fully saturated rings. The maximum absolute atomic E-state index is 12.2. The van der Waals surface area contributed by atoms with E-state index in [1.807, 2.05) is 25.7 Å². The van der Waals surface area contributed by atoms with Gasteiger partial charge in [-0.25, -0.2) is 14.8 Å². The number of amides is 1. The summed E-state index contributed by atoms with van der Waals surface area (Å²) in [6.07, 6.45) is 5.68. The highest BCUT2D eigenvalue weighted by atomic mass is 16.6. The molecule has 3 rings (SSSR count). The van der Waals surface area contributed by atoms with Crippen molar-refractivity contribution in [2.75, 3.05) is 13.1 Å². The van der Waals surface area contributed by atoms with Crippen LogP contribution in [0.25, 0.3) is 0 Å². The fourth-order valence-electron chi connectivity index (χ4n) is 3.67. The van der Waals surface area contributed by atoms with Crippen LogP contribution < -0.4 is 0 Å². The van der Waals surface area contributed by atoms with Gasteiger partial charge in [0.15, 0.2) is 0 Å². The Labute approximate surface area is 138 Å². The summed E-state index contributed by atoms with van der Waals surface area (Å²) in [6.45, 7) is 9.48. The number of aromatic nitrogens is 2. The first-order valence-corrected chi connectivity index (χ1v) is 8.67. The van der Waals surface area contributed by atoms with E-state index in [-0.39, 0.29) is 6.09 Å². The quantitative estimate of drug-likeness (QED) is 0.793. The first-order valence-electron chi connectivity index (χ1n) is 8.67. The Kier molecular flexibility index (Phi) is 4.30. The van der Waals surface area contributed by atoms with Gasteiger partial charge in [-0.3, -0.25) is 0 Å². The summed E-state index contributed by atoms with van der Waals surface area (Å²) in [5.41, 5.74) is 3.40. The molecule has 0 spiro atoms. The minimum Gasteiger partial charge on any atom is -0.444 e. The topological polar surface area (TPSA) is 55.3 Å². The maximum atomic E-state index is 12.2. The number of fused-ring (bicyclic) bond motifs is 1. The van der Waals surface area contributed by atoms with Gasteiger partial charge in [0.2, 0.25) is 0 Å². The highest BCUT2D eigenvalue weighted by Gasteiger charge is 2.32. The Hall–Kier alpha value is -1.65. The molecule has 0 aromatic carbocycles. The normalized spacial score (nSPS) is 22.1. The van der Waals surface area contributed by atoms with Crippen molar-refractivity contribution < 1.29 is 9.53 Å².